The first-order valence-corrected chi connectivity index (χ1v) is 11.5. The maximum absolute atomic E-state index is 11.4. The van der Waals surface area contributed by atoms with E-state index < -0.39 is 18.1 Å². The Balaban J connectivity index is 3.33. The zero-order valence-electron chi connectivity index (χ0n) is 10.6. The molecule has 0 bridgehead atoms. The smallest absolute Gasteiger partial charge is 0.225 e. The van der Waals surface area contributed by atoms with Crippen molar-refractivity contribution in [3.63, 3.8) is 0 Å². The van der Waals surface area contributed by atoms with E-state index in [1.165, 1.54) is 6.07 Å². The number of hydrogen-bond acceptors (Lipinski definition) is 2. The molecule has 0 aliphatic carbocycles. The van der Waals surface area contributed by atoms with Gasteiger partial charge < -0.3 is 0 Å². The topological polar surface area (TPSA) is 60.2 Å². The van der Waals surface area contributed by atoms with Crippen molar-refractivity contribution in [2.24, 2.45) is 5.14 Å². The van der Waals surface area contributed by atoms with E-state index in [0.29, 0.717) is 10.9 Å². The first-order valence-electron chi connectivity index (χ1n) is 5.38. The summed E-state index contributed by atoms with van der Waals surface area (Å²) in [5.74, 6) is 3.04. The first kappa shape index (κ1) is 15.4. The molecule has 2 N–H and O–H groups in total. The molecule has 0 unspecified atom stereocenters. The average molecular weight is 346 g/mol. The third-order valence-electron chi connectivity index (χ3n) is 2.03. The van der Waals surface area contributed by atoms with Gasteiger partial charge in [0, 0.05) is 10.9 Å². The van der Waals surface area contributed by atoms with Gasteiger partial charge in [-0.05, 0) is 23.8 Å². The number of benzene rings is 1. The van der Waals surface area contributed by atoms with Crippen LogP contribution in [0.3, 0.4) is 0 Å². The Morgan fingerprint density at radius 2 is 1.89 bits per heavy atom. The van der Waals surface area contributed by atoms with Crippen molar-refractivity contribution in [2.75, 3.05) is 0 Å². The summed E-state index contributed by atoms with van der Waals surface area (Å²) >= 11 is 3.31. The highest BCUT2D eigenvalue weighted by atomic mass is 79.9. The van der Waals surface area contributed by atoms with Crippen LogP contribution in [0.2, 0.25) is 19.6 Å². The fourth-order valence-electron chi connectivity index (χ4n) is 1.23. The quantitative estimate of drug-likeness (QED) is 0.508. The molecule has 6 heteroatoms. The van der Waals surface area contributed by atoms with Crippen molar-refractivity contribution < 1.29 is 8.42 Å². The summed E-state index contributed by atoms with van der Waals surface area (Å²) in [4.78, 5) is 0.110. The number of rotatable bonds is 2. The molecule has 0 aliphatic heterocycles. The summed E-state index contributed by atoms with van der Waals surface area (Å²) in [5.41, 5.74) is 4.75. The Kier molecular flexibility index (Phi) is 4.78. The molecule has 0 heterocycles. The van der Waals surface area contributed by atoms with Gasteiger partial charge in [-0.25, -0.2) is 13.6 Å². The summed E-state index contributed by atoms with van der Waals surface area (Å²) in [5, 5.41) is 5.72. The fourth-order valence-corrected chi connectivity index (χ4v) is 2.68. The Hall–Kier alpha value is -0.613. The molecular formula is C12H16BrNO2SSi. The molecule has 1 aromatic carbocycles. The Morgan fingerprint density at radius 1 is 1.28 bits per heavy atom. The molecule has 1 aromatic rings. The third kappa shape index (κ3) is 4.94. The van der Waals surface area contributed by atoms with Gasteiger partial charge in [0.25, 0.3) is 0 Å². The van der Waals surface area contributed by atoms with Gasteiger partial charge in [0.1, 0.15) is 8.07 Å². The summed E-state index contributed by atoms with van der Waals surface area (Å²) in [6.07, 6.45) is 0. The van der Waals surface area contributed by atoms with Crippen LogP contribution >= 0.6 is 15.9 Å². The highest BCUT2D eigenvalue weighted by Gasteiger charge is 2.11. The number of alkyl halides is 1. The number of primary sulfonamides is 1. The molecule has 0 aliphatic rings. The van der Waals surface area contributed by atoms with Crippen molar-refractivity contribution in [1.29, 1.82) is 0 Å². The van der Waals surface area contributed by atoms with Crippen molar-refractivity contribution >= 4 is 34.0 Å². The predicted octanol–water partition coefficient (Wildman–Crippen LogP) is 2.46. The van der Waals surface area contributed by atoms with Gasteiger partial charge in [0.2, 0.25) is 10.0 Å². The molecule has 0 amide bonds. The van der Waals surface area contributed by atoms with Crippen LogP contribution in [0.4, 0.5) is 0 Å². The second-order valence-corrected chi connectivity index (χ2v) is 11.9. The van der Waals surface area contributed by atoms with Crippen LogP contribution in [-0.2, 0) is 15.4 Å². The molecule has 0 radical (unpaired) electrons. The van der Waals surface area contributed by atoms with E-state index in [9.17, 15) is 8.42 Å². The fraction of sp³-hybridized carbons (Fsp3) is 0.333. The molecule has 3 nitrogen and oxygen atoms in total. The van der Waals surface area contributed by atoms with Crippen molar-refractivity contribution in [2.45, 2.75) is 29.9 Å². The highest BCUT2D eigenvalue weighted by Crippen LogP contribution is 2.16. The first-order chi connectivity index (χ1) is 8.12. The van der Waals surface area contributed by atoms with Gasteiger partial charge >= 0.3 is 0 Å². The number of hydrogen-bond donors (Lipinski definition) is 1. The van der Waals surface area contributed by atoms with Crippen LogP contribution in [0.15, 0.2) is 23.1 Å². The van der Waals surface area contributed by atoms with Gasteiger partial charge in [-0.15, -0.1) is 5.54 Å². The van der Waals surface area contributed by atoms with Crippen LogP contribution in [0.5, 0.6) is 0 Å². The van der Waals surface area contributed by atoms with E-state index in [1.54, 1.807) is 6.07 Å². The van der Waals surface area contributed by atoms with E-state index in [-0.39, 0.29) is 4.90 Å². The predicted molar refractivity (Wildman–Crippen MR) is 80.7 cm³/mol. The minimum absolute atomic E-state index is 0.110. The maximum atomic E-state index is 11.4. The Bertz CT molecular complexity index is 609. The summed E-state index contributed by atoms with van der Waals surface area (Å²) < 4.78 is 22.8. The molecule has 0 saturated heterocycles. The number of halogens is 1. The minimum atomic E-state index is -3.69. The minimum Gasteiger partial charge on any atom is -0.225 e. The van der Waals surface area contributed by atoms with Crippen LogP contribution < -0.4 is 5.14 Å². The Labute approximate surface area is 118 Å². The zero-order valence-corrected chi connectivity index (χ0v) is 14.0. The third-order valence-corrected chi connectivity index (χ3v) is 4.45. The molecule has 0 fully saturated rings. The van der Waals surface area contributed by atoms with Crippen molar-refractivity contribution in [3.8, 4) is 11.5 Å². The normalized spacial score (nSPS) is 11.8. The van der Waals surface area contributed by atoms with Crippen LogP contribution in [0, 0.1) is 11.5 Å². The molecule has 0 saturated carbocycles. The van der Waals surface area contributed by atoms with E-state index in [2.05, 4.69) is 47.0 Å². The number of sulfonamides is 1. The molecule has 0 spiro atoms. The standard InChI is InChI=1S/C12H16BrNO2SSi/c1-18(2,3)5-4-10-6-11(9-13)8-12(7-10)17(14,15)16/h6-8H,9H2,1-3H3,(H2,14,15,16). The lowest BCUT2D eigenvalue weighted by atomic mass is 10.1. The number of nitrogens with two attached hydrogens (primary N) is 1. The van der Waals surface area contributed by atoms with Gasteiger partial charge in [-0.2, -0.15) is 0 Å². The molecule has 0 aromatic heterocycles. The van der Waals surface area contributed by atoms with Crippen molar-refractivity contribution in [1.82, 2.24) is 0 Å². The average Bonchev–Trinajstić information content (AvgIpc) is 2.24. The van der Waals surface area contributed by atoms with Gasteiger partial charge in [-0.3, -0.25) is 0 Å². The maximum Gasteiger partial charge on any atom is 0.238 e. The van der Waals surface area contributed by atoms with Gasteiger partial charge in [-0.1, -0.05) is 41.5 Å². The highest BCUT2D eigenvalue weighted by molar-refractivity contribution is 9.08. The molecule has 98 valence electrons. The summed E-state index contributed by atoms with van der Waals surface area (Å²) in [7, 11) is -5.17. The van der Waals surface area contributed by atoms with E-state index in [4.69, 9.17) is 5.14 Å². The largest absolute Gasteiger partial charge is 0.238 e. The molecule has 0 atom stereocenters. The zero-order chi connectivity index (χ0) is 14.0. The lowest BCUT2D eigenvalue weighted by Crippen LogP contribution is -2.16. The lowest BCUT2D eigenvalue weighted by molar-refractivity contribution is 0.597. The summed E-state index contributed by atoms with van der Waals surface area (Å²) in [6, 6.07) is 4.95. The second-order valence-electron chi connectivity index (χ2n) is 5.04. The van der Waals surface area contributed by atoms with E-state index in [0.717, 1.165) is 5.56 Å². The van der Waals surface area contributed by atoms with Crippen LogP contribution in [-0.4, -0.2) is 16.5 Å². The van der Waals surface area contributed by atoms with Gasteiger partial charge in [0.05, 0.1) is 4.90 Å². The van der Waals surface area contributed by atoms with Crippen molar-refractivity contribution in [3.05, 3.63) is 29.3 Å². The molecule has 18 heavy (non-hydrogen) atoms. The monoisotopic (exact) mass is 345 g/mol. The second kappa shape index (κ2) is 5.57. The van der Waals surface area contributed by atoms with E-state index in [1.807, 2.05) is 6.07 Å². The molecular weight excluding hydrogens is 330 g/mol. The van der Waals surface area contributed by atoms with E-state index >= 15 is 0 Å². The Morgan fingerprint density at radius 3 is 2.33 bits per heavy atom. The van der Waals surface area contributed by atoms with Gasteiger partial charge in [0.15, 0.2) is 0 Å². The lowest BCUT2D eigenvalue weighted by Gasteiger charge is -2.05. The van der Waals surface area contributed by atoms with Crippen LogP contribution in [0.1, 0.15) is 11.1 Å². The molecule has 1 rings (SSSR count). The SMILES string of the molecule is C[Si](C)(C)C#Cc1cc(CBr)cc(S(N)(=O)=O)c1. The van der Waals surface area contributed by atoms with Crippen LogP contribution in [0.25, 0.3) is 0 Å². The summed E-state index contributed by atoms with van der Waals surface area (Å²) in [6.45, 7) is 6.40.